The summed E-state index contributed by atoms with van der Waals surface area (Å²) in [5.41, 5.74) is 1.80. The number of isocyanates is 1. The van der Waals surface area contributed by atoms with Gasteiger partial charge in [0.1, 0.15) is 0 Å². The molecule has 0 heterocycles. The number of para-hydroxylation sites is 1. The van der Waals surface area contributed by atoms with Gasteiger partial charge >= 0.3 is 0 Å². The van der Waals surface area contributed by atoms with E-state index in [1.807, 2.05) is 24.3 Å². The van der Waals surface area contributed by atoms with Gasteiger partial charge in [-0.1, -0.05) is 32.0 Å². The Kier molecular flexibility index (Phi) is 4.75. The summed E-state index contributed by atoms with van der Waals surface area (Å²) in [5, 5.41) is 0. The molecule has 0 fully saturated rings. The Morgan fingerprint density at radius 2 is 1.93 bits per heavy atom. The van der Waals surface area contributed by atoms with E-state index in [2.05, 4.69) is 23.7 Å². The highest BCUT2D eigenvalue weighted by Gasteiger charge is 2.04. The van der Waals surface area contributed by atoms with E-state index < -0.39 is 0 Å². The lowest BCUT2D eigenvalue weighted by atomic mass is 10.1. The summed E-state index contributed by atoms with van der Waals surface area (Å²) in [6.45, 7) is 7.06. The third-order valence-electron chi connectivity index (χ3n) is 2.45. The van der Waals surface area contributed by atoms with Crippen molar-refractivity contribution in [1.82, 2.24) is 4.90 Å². The Morgan fingerprint density at radius 3 is 2.53 bits per heavy atom. The van der Waals surface area contributed by atoms with E-state index >= 15 is 0 Å². The Labute approximate surface area is 90.4 Å². The van der Waals surface area contributed by atoms with Gasteiger partial charge in [-0.3, -0.25) is 4.90 Å². The van der Waals surface area contributed by atoms with E-state index in [4.69, 9.17) is 0 Å². The Morgan fingerprint density at radius 1 is 1.27 bits per heavy atom. The average Bonchev–Trinajstić information content (AvgIpc) is 2.28. The Balaban J connectivity index is 2.87. The highest BCUT2D eigenvalue weighted by Crippen LogP contribution is 2.19. The zero-order chi connectivity index (χ0) is 11.1. The van der Waals surface area contributed by atoms with Gasteiger partial charge in [-0.2, -0.15) is 4.99 Å². The fourth-order valence-corrected chi connectivity index (χ4v) is 1.49. The fourth-order valence-electron chi connectivity index (χ4n) is 1.49. The molecule has 0 atom stereocenters. The quantitative estimate of drug-likeness (QED) is 0.545. The number of hydrogen-bond acceptors (Lipinski definition) is 3. The van der Waals surface area contributed by atoms with E-state index in [1.54, 1.807) is 6.08 Å². The SMILES string of the molecule is CCN(CC)Cc1ccccc1N=C=O. The molecule has 0 aliphatic carbocycles. The van der Waals surface area contributed by atoms with Crippen LogP contribution in [0, 0.1) is 0 Å². The number of carbonyl (C=O) groups excluding carboxylic acids is 1. The van der Waals surface area contributed by atoms with Gasteiger partial charge in [-0.05, 0) is 24.7 Å². The number of aliphatic imine (C=N–C) groups is 1. The number of hydrogen-bond donors (Lipinski definition) is 0. The van der Waals surface area contributed by atoms with Crippen molar-refractivity contribution in [3.8, 4) is 0 Å². The molecule has 1 rings (SSSR count). The van der Waals surface area contributed by atoms with Gasteiger partial charge in [0.2, 0.25) is 6.08 Å². The number of rotatable bonds is 5. The van der Waals surface area contributed by atoms with E-state index in [9.17, 15) is 4.79 Å². The molecular weight excluding hydrogens is 188 g/mol. The van der Waals surface area contributed by atoms with Crippen LogP contribution in [0.5, 0.6) is 0 Å². The molecule has 3 heteroatoms. The third kappa shape index (κ3) is 3.31. The highest BCUT2D eigenvalue weighted by atomic mass is 16.1. The molecule has 80 valence electrons. The van der Waals surface area contributed by atoms with Crippen molar-refractivity contribution < 1.29 is 4.79 Å². The van der Waals surface area contributed by atoms with Crippen molar-refractivity contribution in [3.63, 3.8) is 0 Å². The van der Waals surface area contributed by atoms with Crippen LogP contribution in [-0.4, -0.2) is 24.1 Å². The first-order valence-electron chi connectivity index (χ1n) is 5.20. The van der Waals surface area contributed by atoms with Gasteiger partial charge in [0.25, 0.3) is 0 Å². The maximum Gasteiger partial charge on any atom is 0.240 e. The summed E-state index contributed by atoms with van der Waals surface area (Å²) >= 11 is 0. The first kappa shape index (κ1) is 11.6. The average molecular weight is 204 g/mol. The standard InChI is InChI=1S/C12H16N2O/c1-3-14(4-2)9-11-7-5-6-8-12(11)13-10-15/h5-8H,3-4,9H2,1-2H3. The summed E-state index contributed by atoms with van der Waals surface area (Å²) in [5.74, 6) is 0. The molecule has 0 unspecified atom stereocenters. The molecule has 0 N–H and O–H groups in total. The second kappa shape index (κ2) is 6.12. The zero-order valence-electron chi connectivity index (χ0n) is 9.23. The number of nitrogens with zero attached hydrogens (tertiary/aromatic N) is 2. The Bertz CT molecular complexity index is 352. The van der Waals surface area contributed by atoms with Crippen molar-refractivity contribution in [3.05, 3.63) is 29.8 Å². The monoisotopic (exact) mass is 204 g/mol. The van der Waals surface area contributed by atoms with E-state index in [0.717, 1.165) is 30.9 Å². The lowest BCUT2D eigenvalue weighted by Gasteiger charge is -2.18. The van der Waals surface area contributed by atoms with Crippen LogP contribution in [0.1, 0.15) is 19.4 Å². The molecule has 0 aliphatic rings. The molecule has 0 aliphatic heterocycles. The van der Waals surface area contributed by atoms with Crippen molar-refractivity contribution in [1.29, 1.82) is 0 Å². The van der Waals surface area contributed by atoms with Crippen LogP contribution in [0.15, 0.2) is 29.3 Å². The van der Waals surface area contributed by atoms with E-state index in [-0.39, 0.29) is 0 Å². The molecule has 1 aromatic rings. The largest absolute Gasteiger partial charge is 0.300 e. The van der Waals surface area contributed by atoms with Gasteiger partial charge in [0, 0.05) is 6.54 Å². The second-order valence-corrected chi connectivity index (χ2v) is 3.29. The minimum absolute atomic E-state index is 0.722. The molecule has 0 bridgehead atoms. The summed E-state index contributed by atoms with van der Waals surface area (Å²) in [6, 6.07) is 7.67. The summed E-state index contributed by atoms with van der Waals surface area (Å²) in [6.07, 6.45) is 1.59. The molecular formula is C12H16N2O. The van der Waals surface area contributed by atoms with E-state index in [0.29, 0.717) is 0 Å². The lowest BCUT2D eigenvalue weighted by Crippen LogP contribution is -2.22. The van der Waals surface area contributed by atoms with Crippen molar-refractivity contribution in [2.24, 2.45) is 4.99 Å². The Hall–Kier alpha value is -1.44. The van der Waals surface area contributed by atoms with Crippen LogP contribution in [-0.2, 0) is 11.3 Å². The normalized spacial score (nSPS) is 10.1. The zero-order valence-corrected chi connectivity index (χ0v) is 9.23. The molecule has 0 aromatic heterocycles. The summed E-state index contributed by atoms with van der Waals surface area (Å²) in [7, 11) is 0. The molecule has 0 amide bonds. The van der Waals surface area contributed by atoms with Crippen LogP contribution >= 0.6 is 0 Å². The molecule has 3 nitrogen and oxygen atoms in total. The molecule has 1 aromatic carbocycles. The van der Waals surface area contributed by atoms with Crippen LogP contribution < -0.4 is 0 Å². The predicted octanol–water partition coefficient (Wildman–Crippen LogP) is 2.50. The maximum absolute atomic E-state index is 10.2. The first-order chi connectivity index (χ1) is 7.31. The lowest BCUT2D eigenvalue weighted by molar-refractivity contribution is 0.296. The molecule has 0 saturated carbocycles. The molecule has 15 heavy (non-hydrogen) atoms. The highest BCUT2D eigenvalue weighted by molar-refractivity contribution is 5.53. The van der Waals surface area contributed by atoms with Crippen molar-refractivity contribution >= 4 is 11.8 Å². The molecule has 0 saturated heterocycles. The van der Waals surface area contributed by atoms with Crippen LogP contribution in [0.2, 0.25) is 0 Å². The van der Waals surface area contributed by atoms with Crippen LogP contribution in [0.4, 0.5) is 5.69 Å². The van der Waals surface area contributed by atoms with Gasteiger partial charge in [-0.25, -0.2) is 4.79 Å². The minimum Gasteiger partial charge on any atom is -0.300 e. The van der Waals surface area contributed by atoms with Gasteiger partial charge < -0.3 is 0 Å². The maximum atomic E-state index is 10.2. The topological polar surface area (TPSA) is 32.7 Å². The molecule has 0 spiro atoms. The second-order valence-electron chi connectivity index (χ2n) is 3.29. The van der Waals surface area contributed by atoms with Crippen molar-refractivity contribution in [2.75, 3.05) is 13.1 Å². The van der Waals surface area contributed by atoms with Crippen molar-refractivity contribution in [2.45, 2.75) is 20.4 Å². The van der Waals surface area contributed by atoms with E-state index in [1.165, 1.54) is 0 Å². The summed E-state index contributed by atoms with van der Waals surface area (Å²) in [4.78, 5) is 16.2. The van der Waals surface area contributed by atoms with Crippen LogP contribution in [0.3, 0.4) is 0 Å². The third-order valence-corrected chi connectivity index (χ3v) is 2.45. The smallest absolute Gasteiger partial charge is 0.240 e. The minimum atomic E-state index is 0.722. The first-order valence-corrected chi connectivity index (χ1v) is 5.20. The van der Waals surface area contributed by atoms with Gasteiger partial charge in [0.05, 0.1) is 5.69 Å². The van der Waals surface area contributed by atoms with Gasteiger partial charge in [-0.15, -0.1) is 0 Å². The van der Waals surface area contributed by atoms with Crippen LogP contribution in [0.25, 0.3) is 0 Å². The molecule has 0 radical (unpaired) electrons. The fraction of sp³-hybridized carbons (Fsp3) is 0.417. The van der Waals surface area contributed by atoms with Gasteiger partial charge in [0.15, 0.2) is 0 Å². The number of benzene rings is 1. The summed E-state index contributed by atoms with van der Waals surface area (Å²) < 4.78 is 0. The predicted molar refractivity (Wildman–Crippen MR) is 60.8 cm³/mol.